The topological polar surface area (TPSA) is 74.6 Å². The normalized spacial score (nSPS) is 21.3. The van der Waals surface area contributed by atoms with Crippen LogP contribution in [0.15, 0.2) is 12.2 Å². The van der Waals surface area contributed by atoms with E-state index in [0.717, 1.165) is 25.7 Å². The van der Waals surface area contributed by atoms with Crippen molar-refractivity contribution >= 4 is 11.8 Å². The third kappa shape index (κ3) is 8.09. The molecule has 0 bridgehead atoms. The maximum atomic E-state index is 12.0. The number of aliphatic hydroxyl groups excluding tert-OH is 1. The van der Waals surface area contributed by atoms with E-state index >= 15 is 0 Å². The molecule has 0 spiro atoms. The number of hydrogen-bond donors (Lipinski definition) is 2. The van der Waals surface area contributed by atoms with Crippen molar-refractivity contribution in [1.82, 2.24) is 0 Å². The molecule has 3 atom stereocenters. The number of allylic oxidation sites excluding steroid dienone is 2. The third-order valence-corrected chi connectivity index (χ3v) is 5.06. The summed E-state index contributed by atoms with van der Waals surface area (Å²) in [5.74, 6) is -0.362. The minimum Gasteiger partial charge on any atom is -0.479 e. The Hall–Kier alpha value is -1.16. The Balaban J connectivity index is 2.15. The standard InChI is InChI=1S/C20H34O4/c1-2-3-4-5-6-8-11-16-14-15-18(21)17(16)12-9-7-10-13-19(22)20(23)24/h14-17,19,22H,2-13H2,1H3,(H,23,24)/t16-,17+,19-/m0/s1. The number of hydrogen-bond acceptors (Lipinski definition) is 3. The molecule has 0 heterocycles. The van der Waals surface area contributed by atoms with Gasteiger partial charge in [0.1, 0.15) is 0 Å². The van der Waals surface area contributed by atoms with Gasteiger partial charge in [-0.2, -0.15) is 0 Å². The average Bonchev–Trinajstić information content (AvgIpc) is 2.90. The van der Waals surface area contributed by atoms with Crippen molar-refractivity contribution in [2.24, 2.45) is 11.8 Å². The van der Waals surface area contributed by atoms with Crippen LogP contribution in [-0.2, 0) is 9.59 Å². The number of carbonyl (C=O) groups is 2. The van der Waals surface area contributed by atoms with Crippen LogP contribution in [0.4, 0.5) is 0 Å². The molecule has 24 heavy (non-hydrogen) atoms. The molecule has 138 valence electrons. The zero-order valence-corrected chi connectivity index (χ0v) is 15.1. The summed E-state index contributed by atoms with van der Waals surface area (Å²) in [6.45, 7) is 2.22. The molecular weight excluding hydrogens is 304 g/mol. The Morgan fingerprint density at radius 2 is 1.67 bits per heavy atom. The van der Waals surface area contributed by atoms with Gasteiger partial charge < -0.3 is 10.2 Å². The van der Waals surface area contributed by atoms with E-state index in [4.69, 9.17) is 5.11 Å². The molecule has 2 N–H and O–H groups in total. The molecule has 0 saturated carbocycles. The zero-order chi connectivity index (χ0) is 17.8. The number of aliphatic carboxylic acids is 1. The van der Waals surface area contributed by atoms with E-state index in [1.165, 1.54) is 38.5 Å². The fourth-order valence-corrected chi connectivity index (χ4v) is 3.50. The van der Waals surface area contributed by atoms with Gasteiger partial charge in [0.25, 0.3) is 0 Å². The second kappa shape index (κ2) is 12.2. The highest BCUT2D eigenvalue weighted by atomic mass is 16.4. The van der Waals surface area contributed by atoms with Gasteiger partial charge in [-0.1, -0.05) is 70.8 Å². The fraction of sp³-hybridized carbons (Fsp3) is 0.800. The van der Waals surface area contributed by atoms with Crippen molar-refractivity contribution in [2.45, 2.75) is 90.1 Å². The minimum absolute atomic E-state index is 0.130. The van der Waals surface area contributed by atoms with E-state index in [1.807, 2.05) is 0 Å². The Bertz CT molecular complexity index is 402. The number of carboxylic acid groups (broad SMARTS) is 1. The van der Waals surface area contributed by atoms with E-state index < -0.39 is 12.1 Å². The van der Waals surface area contributed by atoms with Gasteiger partial charge in [0.15, 0.2) is 11.9 Å². The van der Waals surface area contributed by atoms with Gasteiger partial charge in [0.2, 0.25) is 0 Å². The summed E-state index contributed by atoms with van der Waals surface area (Å²) >= 11 is 0. The second-order valence-electron chi connectivity index (χ2n) is 7.08. The molecule has 0 radical (unpaired) electrons. The molecule has 4 heteroatoms. The van der Waals surface area contributed by atoms with Crippen molar-refractivity contribution in [3.8, 4) is 0 Å². The lowest BCUT2D eigenvalue weighted by Gasteiger charge is -2.18. The SMILES string of the molecule is CCCCCCCC[C@H]1C=CC(=O)[C@@H]1CCCCC[C@H](O)C(=O)O. The molecule has 0 unspecified atom stereocenters. The lowest BCUT2D eigenvalue weighted by atomic mass is 9.86. The van der Waals surface area contributed by atoms with Crippen molar-refractivity contribution in [3.05, 3.63) is 12.2 Å². The van der Waals surface area contributed by atoms with Gasteiger partial charge in [-0.25, -0.2) is 4.79 Å². The maximum Gasteiger partial charge on any atom is 0.332 e. The summed E-state index contributed by atoms with van der Waals surface area (Å²) in [7, 11) is 0. The van der Waals surface area contributed by atoms with E-state index in [0.29, 0.717) is 18.8 Å². The molecule has 0 saturated heterocycles. The highest BCUT2D eigenvalue weighted by Gasteiger charge is 2.28. The van der Waals surface area contributed by atoms with Crippen LogP contribution in [0.25, 0.3) is 0 Å². The molecule has 0 aromatic carbocycles. The summed E-state index contributed by atoms with van der Waals surface area (Å²) in [6.07, 6.45) is 15.1. The van der Waals surface area contributed by atoms with Gasteiger partial charge in [-0.15, -0.1) is 0 Å². The molecule has 0 fully saturated rings. The Morgan fingerprint density at radius 3 is 2.38 bits per heavy atom. The predicted octanol–water partition coefficient (Wildman–Crippen LogP) is 4.50. The summed E-state index contributed by atoms with van der Waals surface area (Å²) in [6, 6.07) is 0. The number of ketones is 1. The number of unbranched alkanes of at least 4 members (excludes halogenated alkanes) is 7. The number of rotatable bonds is 14. The van der Waals surface area contributed by atoms with Crippen LogP contribution in [0.1, 0.15) is 84.0 Å². The van der Waals surface area contributed by atoms with Gasteiger partial charge >= 0.3 is 5.97 Å². The number of carbonyl (C=O) groups excluding carboxylic acids is 1. The predicted molar refractivity (Wildman–Crippen MR) is 95.8 cm³/mol. The summed E-state index contributed by atoms with van der Waals surface area (Å²) in [4.78, 5) is 22.6. The van der Waals surface area contributed by atoms with E-state index in [-0.39, 0.29) is 11.7 Å². The molecule has 1 aliphatic carbocycles. The first-order chi connectivity index (χ1) is 11.6. The Labute approximate surface area is 146 Å². The first-order valence-electron chi connectivity index (χ1n) is 9.69. The Morgan fingerprint density at radius 1 is 1.04 bits per heavy atom. The maximum absolute atomic E-state index is 12.0. The monoisotopic (exact) mass is 338 g/mol. The summed E-state index contributed by atoms with van der Waals surface area (Å²) in [5, 5.41) is 17.9. The average molecular weight is 338 g/mol. The molecule has 1 rings (SSSR count). The lowest BCUT2D eigenvalue weighted by molar-refractivity contribution is -0.146. The first kappa shape index (κ1) is 20.9. The van der Waals surface area contributed by atoms with E-state index in [1.54, 1.807) is 6.08 Å². The van der Waals surface area contributed by atoms with Gasteiger partial charge in [-0.05, 0) is 31.3 Å². The molecule has 0 aromatic heterocycles. The largest absolute Gasteiger partial charge is 0.479 e. The zero-order valence-electron chi connectivity index (χ0n) is 15.1. The Kier molecular flexibility index (Phi) is 10.6. The summed E-state index contributed by atoms with van der Waals surface area (Å²) in [5.41, 5.74) is 0. The molecule has 0 aliphatic heterocycles. The fourth-order valence-electron chi connectivity index (χ4n) is 3.50. The highest BCUT2D eigenvalue weighted by molar-refractivity contribution is 5.94. The van der Waals surface area contributed by atoms with Crippen LogP contribution in [0.2, 0.25) is 0 Å². The lowest BCUT2D eigenvalue weighted by Crippen LogP contribution is -2.19. The molecule has 0 aromatic rings. The van der Waals surface area contributed by atoms with Gasteiger partial charge in [0.05, 0.1) is 0 Å². The van der Waals surface area contributed by atoms with Crippen LogP contribution in [0.3, 0.4) is 0 Å². The van der Waals surface area contributed by atoms with Crippen molar-refractivity contribution in [3.63, 3.8) is 0 Å². The highest BCUT2D eigenvalue weighted by Crippen LogP contribution is 2.31. The first-order valence-corrected chi connectivity index (χ1v) is 9.69. The molecule has 0 amide bonds. The van der Waals surface area contributed by atoms with E-state index in [2.05, 4.69) is 13.0 Å². The summed E-state index contributed by atoms with van der Waals surface area (Å²) < 4.78 is 0. The van der Waals surface area contributed by atoms with Crippen molar-refractivity contribution in [2.75, 3.05) is 0 Å². The second-order valence-corrected chi connectivity index (χ2v) is 7.08. The van der Waals surface area contributed by atoms with Gasteiger partial charge in [0, 0.05) is 5.92 Å². The number of carboxylic acids is 1. The van der Waals surface area contributed by atoms with Crippen LogP contribution < -0.4 is 0 Å². The molecule has 4 nitrogen and oxygen atoms in total. The van der Waals surface area contributed by atoms with Gasteiger partial charge in [-0.3, -0.25) is 4.79 Å². The van der Waals surface area contributed by atoms with Crippen LogP contribution in [0, 0.1) is 11.8 Å². The minimum atomic E-state index is -1.25. The third-order valence-electron chi connectivity index (χ3n) is 5.06. The number of aliphatic hydroxyl groups is 1. The molecular formula is C20H34O4. The van der Waals surface area contributed by atoms with Crippen molar-refractivity contribution in [1.29, 1.82) is 0 Å². The quantitative estimate of drug-likeness (QED) is 0.457. The smallest absolute Gasteiger partial charge is 0.332 e. The van der Waals surface area contributed by atoms with Crippen LogP contribution >= 0.6 is 0 Å². The van der Waals surface area contributed by atoms with Crippen molar-refractivity contribution < 1.29 is 19.8 Å². The van der Waals surface area contributed by atoms with Crippen LogP contribution in [0.5, 0.6) is 0 Å². The van der Waals surface area contributed by atoms with E-state index in [9.17, 15) is 14.7 Å². The molecule has 1 aliphatic rings. The van der Waals surface area contributed by atoms with Crippen LogP contribution in [-0.4, -0.2) is 28.1 Å².